The van der Waals surface area contributed by atoms with Crippen LogP contribution in [-0.4, -0.2) is 10.8 Å². The highest BCUT2D eigenvalue weighted by atomic mass is 32.2. The summed E-state index contributed by atoms with van der Waals surface area (Å²) in [7, 11) is 0. The number of hydrogen-bond acceptors (Lipinski definition) is 2. The van der Waals surface area contributed by atoms with Gasteiger partial charge >= 0.3 is 0 Å². The van der Waals surface area contributed by atoms with E-state index in [2.05, 4.69) is 42.0 Å². The van der Waals surface area contributed by atoms with E-state index < -0.39 is 0 Å². The zero-order valence-corrected chi connectivity index (χ0v) is 10.7. The Morgan fingerprint density at radius 2 is 2.19 bits per heavy atom. The maximum absolute atomic E-state index is 5.78. The van der Waals surface area contributed by atoms with Gasteiger partial charge in [0.25, 0.3) is 0 Å². The molecular weight excluding hydrogens is 216 g/mol. The molecule has 0 aliphatic rings. The summed E-state index contributed by atoms with van der Waals surface area (Å²) < 4.78 is 2.38. The summed E-state index contributed by atoms with van der Waals surface area (Å²) in [6, 6.07) is 8.68. The molecular formula is C13H18N2S. The molecule has 0 radical (unpaired) electrons. The van der Waals surface area contributed by atoms with Gasteiger partial charge in [0.05, 0.1) is 0 Å². The molecule has 3 heteroatoms. The lowest BCUT2D eigenvalue weighted by atomic mass is 10.1. The van der Waals surface area contributed by atoms with Crippen LogP contribution in [0.3, 0.4) is 0 Å². The molecule has 1 aromatic carbocycles. The lowest BCUT2D eigenvalue weighted by molar-refractivity contribution is 0.765. The number of benzene rings is 1. The van der Waals surface area contributed by atoms with Crippen LogP contribution in [-0.2, 0) is 18.8 Å². The van der Waals surface area contributed by atoms with Crippen molar-refractivity contribution in [2.45, 2.75) is 25.8 Å². The van der Waals surface area contributed by atoms with Crippen molar-refractivity contribution in [2.75, 3.05) is 6.26 Å². The van der Waals surface area contributed by atoms with Crippen molar-refractivity contribution in [3.05, 3.63) is 35.5 Å². The van der Waals surface area contributed by atoms with Crippen molar-refractivity contribution in [1.29, 1.82) is 0 Å². The molecule has 2 nitrogen and oxygen atoms in total. The first-order valence-corrected chi connectivity index (χ1v) is 7.00. The maximum atomic E-state index is 5.78. The Balaban J connectivity index is 2.65. The van der Waals surface area contributed by atoms with Crippen molar-refractivity contribution < 1.29 is 0 Å². The van der Waals surface area contributed by atoms with Crippen LogP contribution in [0.25, 0.3) is 10.9 Å². The average Bonchev–Trinajstić information content (AvgIpc) is 2.66. The van der Waals surface area contributed by atoms with Crippen LogP contribution in [0, 0.1) is 0 Å². The molecule has 0 saturated carbocycles. The Morgan fingerprint density at radius 3 is 2.81 bits per heavy atom. The molecule has 1 heterocycles. The number of hydrogen-bond donors (Lipinski definition) is 1. The minimum atomic E-state index is 0.615. The molecule has 0 aliphatic heterocycles. The molecule has 0 spiro atoms. The third-order valence-electron chi connectivity index (χ3n) is 2.95. The zero-order valence-electron chi connectivity index (χ0n) is 9.86. The van der Waals surface area contributed by atoms with Crippen LogP contribution >= 0.6 is 11.8 Å². The third kappa shape index (κ3) is 1.85. The SMILES string of the molecule is CCn1c(CSC)cc2c(CN)cccc21. The number of aromatic nitrogens is 1. The van der Waals surface area contributed by atoms with Crippen LogP contribution in [0.4, 0.5) is 0 Å². The van der Waals surface area contributed by atoms with Crippen LogP contribution in [0.1, 0.15) is 18.2 Å². The Morgan fingerprint density at radius 1 is 1.38 bits per heavy atom. The summed E-state index contributed by atoms with van der Waals surface area (Å²) in [5.41, 5.74) is 9.73. The molecule has 0 bridgehead atoms. The van der Waals surface area contributed by atoms with Crippen molar-refractivity contribution in [2.24, 2.45) is 5.73 Å². The molecule has 0 aliphatic carbocycles. The van der Waals surface area contributed by atoms with E-state index in [1.807, 2.05) is 11.8 Å². The number of thioether (sulfide) groups is 1. The molecule has 0 amide bonds. The molecule has 0 saturated heterocycles. The Hall–Kier alpha value is -0.930. The summed E-state index contributed by atoms with van der Waals surface area (Å²) in [6.45, 7) is 3.83. The van der Waals surface area contributed by atoms with Gasteiger partial charge in [-0.05, 0) is 30.9 Å². The molecule has 86 valence electrons. The molecule has 0 atom stereocenters. The second kappa shape index (κ2) is 4.93. The van der Waals surface area contributed by atoms with E-state index in [9.17, 15) is 0 Å². The van der Waals surface area contributed by atoms with Gasteiger partial charge in [0.1, 0.15) is 0 Å². The first-order chi connectivity index (χ1) is 7.81. The van der Waals surface area contributed by atoms with Crippen LogP contribution < -0.4 is 5.73 Å². The fourth-order valence-electron chi connectivity index (χ4n) is 2.22. The van der Waals surface area contributed by atoms with Gasteiger partial charge in [-0.15, -0.1) is 0 Å². The van der Waals surface area contributed by atoms with Crippen LogP contribution in [0.2, 0.25) is 0 Å². The van der Waals surface area contributed by atoms with E-state index in [-0.39, 0.29) is 0 Å². The summed E-state index contributed by atoms with van der Waals surface area (Å²) in [4.78, 5) is 0. The van der Waals surface area contributed by atoms with Crippen molar-refractivity contribution in [1.82, 2.24) is 4.57 Å². The van der Waals surface area contributed by atoms with Gasteiger partial charge in [0.2, 0.25) is 0 Å². The van der Waals surface area contributed by atoms with Crippen LogP contribution in [0.15, 0.2) is 24.3 Å². The van der Waals surface area contributed by atoms with E-state index >= 15 is 0 Å². The van der Waals surface area contributed by atoms with Crippen LogP contribution in [0.5, 0.6) is 0 Å². The highest BCUT2D eigenvalue weighted by Gasteiger charge is 2.09. The molecule has 2 rings (SSSR count). The fourth-order valence-corrected chi connectivity index (χ4v) is 2.75. The topological polar surface area (TPSA) is 30.9 Å². The first-order valence-electron chi connectivity index (χ1n) is 5.60. The van der Waals surface area contributed by atoms with E-state index in [0.717, 1.165) is 12.3 Å². The molecule has 2 N–H and O–H groups in total. The minimum absolute atomic E-state index is 0.615. The summed E-state index contributed by atoms with van der Waals surface area (Å²) >= 11 is 1.86. The maximum Gasteiger partial charge on any atom is 0.0485 e. The lowest BCUT2D eigenvalue weighted by Crippen LogP contribution is -1.99. The third-order valence-corrected chi connectivity index (χ3v) is 3.53. The number of fused-ring (bicyclic) bond motifs is 1. The van der Waals surface area contributed by atoms with Crippen molar-refractivity contribution >= 4 is 22.7 Å². The Kier molecular flexibility index (Phi) is 3.56. The fraction of sp³-hybridized carbons (Fsp3) is 0.385. The van der Waals surface area contributed by atoms with Gasteiger partial charge in [-0.2, -0.15) is 11.8 Å². The van der Waals surface area contributed by atoms with Gasteiger partial charge in [-0.25, -0.2) is 0 Å². The van der Waals surface area contributed by atoms with E-state index in [4.69, 9.17) is 5.73 Å². The standard InChI is InChI=1S/C13H18N2S/c1-3-15-11(9-16-2)7-12-10(8-14)5-4-6-13(12)15/h4-7H,3,8-9,14H2,1-2H3. The monoisotopic (exact) mass is 234 g/mol. The Bertz CT molecular complexity index is 488. The molecule has 1 aromatic heterocycles. The number of nitrogens with zero attached hydrogens (tertiary/aromatic N) is 1. The Labute approximate surface area is 101 Å². The zero-order chi connectivity index (χ0) is 11.5. The second-order valence-electron chi connectivity index (χ2n) is 3.87. The van der Waals surface area contributed by atoms with Gasteiger partial charge < -0.3 is 10.3 Å². The number of aryl methyl sites for hydroxylation is 1. The number of rotatable bonds is 4. The largest absolute Gasteiger partial charge is 0.344 e. The smallest absolute Gasteiger partial charge is 0.0485 e. The molecule has 16 heavy (non-hydrogen) atoms. The summed E-state index contributed by atoms with van der Waals surface area (Å²) in [5, 5.41) is 1.32. The lowest BCUT2D eigenvalue weighted by Gasteiger charge is -2.06. The summed E-state index contributed by atoms with van der Waals surface area (Å²) in [6.07, 6.45) is 2.14. The average molecular weight is 234 g/mol. The highest BCUT2D eigenvalue weighted by molar-refractivity contribution is 7.97. The van der Waals surface area contributed by atoms with Gasteiger partial charge in [0.15, 0.2) is 0 Å². The predicted molar refractivity (Wildman–Crippen MR) is 72.7 cm³/mol. The normalized spacial score (nSPS) is 11.2. The van der Waals surface area contributed by atoms with Gasteiger partial charge in [0, 0.05) is 35.4 Å². The molecule has 0 unspecified atom stereocenters. The predicted octanol–water partition coefficient (Wildman–Crippen LogP) is 2.98. The van der Waals surface area contributed by atoms with Crippen molar-refractivity contribution in [3.8, 4) is 0 Å². The molecule has 2 aromatic rings. The van der Waals surface area contributed by atoms with E-state index in [1.54, 1.807) is 0 Å². The highest BCUT2D eigenvalue weighted by Crippen LogP contribution is 2.25. The van der Waals surface area contributed by atoms with E-state index in [1.165, 1.54) is 22.2 Å². The number of nitrogens with two attached hydrogens (primary N) is 1. The minimum Gasteiger partial charge on any atom is -0.344 e. The summed E-state index contributed by atoms with van der Waals surface area (Å²) in [5.74, 6) is 1.06. The van der Waals surface area contributed by atoms with E-state index in [0.29, 0.717) is 6.54 Å². The molecule has 0 fully saturated rings. The van der Waals surface area contributed by atoms with Gasteiger partial charge in [-0.3, -0.25) is 0 Å². The first kappa shape index (κ1) is 11.6. The second-order valence-corrected chi connectivity index (χ2v) is 4.73. The van der Waals surface area contributed by atoms with Gasteiger partial charge in [-0.1, -0.05) is 12.1 Å². The quantitative estimate of drug-likeness (QED) is 0.881. The van der Waals surface area contributed by atoms with Crippen molar-refractivity contribution in [3.63, 3.8) is 0 Å².